The number of aromatic carboxylic acids is 1. The van der Waals surface area contributed by atoms with E-state index in [1.54, 1.807) is 23.9 Å². The number of para-hydroxylation sites is 1. The first-order valence-corrected chi connectivity index (χ1v) is 12.9. The highest BCUT2D eigenvalue weighted by molar-refractivity contribution is 7.99. The van der Waals surface area contributed by atoms with Gasteiger partial charge in [-0.1, -0.05) is 73.3 Å². The van der Waals surface area contributed by atoms with E-state index in [0.29, 0.717) is 23.4 Å². The van der Waals surface area contributed by atoms with Crippen LogP contribution in [0.1, 0.15) is 29.3 Å². The van der Waals surface area contributed by atoms with Gasteiger partial charge in [0.1, 0.15) is 0 Å². The van der Waals surface area contributed by atoms with Crippen molar-refractivity contribution in [3.8, 4) is 22.5 Å². The number of fused-ring (bicyclic) bond motifs is 1. The number of thioether (sulfide) groups is 1. The van der Waals surface area contributed by atoms with E-state index < -0.39 is 5.97 Å². The molecule has 176 valence electrons. The smallest absolute Gasteiger partial charge is 0.337 e. The third-order valence-corrected chi connectivity index (χ3v) is 7.35. The Labute approximate surface area is 209 Å². The maximum absolute atomic E-state index is 11.9. The van der Waals surface area contributed by atoms with Crippen LogP contribution in [0.4, 0.5) is 0 Å². The molecule has 9 heteroatoms. The minimum absolute atomic E-state index is 0.185. The average Bonchev–Trinajstić information content (AvgIpc) is 3.46. The van der Waals surface area contributed by atoms with E-state index >= 15 is 0 Å². The highest BCUT2D eigenvalue weighted by Gasteiger charge is 2.18. The van der Waals surface area contributed by atoms with Crippen molar-refractivity contribution >= 4 is 40.3 Å². The van der Waals surface area contributed by atoms with Gasteiger partial charge in [-0.25, -0.2) is 9.78 Å². The predicted molar refractivity (Wildman–Crippen MR) is 140 cm³/mol. The van der Waals surface area contributed by atoms with Crippen molar-refractivity contribution in [1.29, 1.82) is 0 Å². The Morgan fingerprint density at radius 2 is 1.83 bits per heavy atom. The third-order valence-electron chi connectivity index (χ3n) is 5.63. The van der Waals surface area contributed by atoms with Gasteiger partial charge in [0.2, 0.25) is 0 Å². The lowest BCUT2D eigenvalue weighted by Crippen LogP contribution is -2.06. The summed E-state index contributed by atoms with van der Waals surface area (Å²) in [6, 6.07) is 21.2. The van der Waals surface area contributed by atoms with Crippen LogP contribution in [-0.2, 0) is 6.54 Å². The predicted octanol–water partition coefficient (Wildman–Crippen LogP) is 5.76. The van der Waals surface area contributed by atoms with Crippen molar-refractivity contribution in [3.63, 3.8) is 0 Å². The summed E-state index contributed by atoms with van der Waals surface area (Å²) in [5, 5.41) is 10.6. The minimum Gasteiger partial charge on any atom is -0.478 e. The number of nitrogens with one attached hydrogen (secondary N) is 1. The molecule has 7 nitrogen and oxygen atoms in total. The molecule has 5 rings (SSSR count). The van der Waals surface area contributed by atoms with Crippen LogP contribution in [0.2, 0.25) is 0 Å². The summed E-state index contributed by atoms with van der Waals surface area (Å²) in [6.45, 7) is 2.62. The molecule has 0 bridgehead atoms. The monoisotopic (exact) mass is 502 g/mol. The second kappa shape index (κ2) is 9.89. The molecule has 2 aromatic heterocycles. The molecular formula is C26H22N4O3S2. The minimum atomic E-state index is -0.962. The van der Waals surface area contributed by atoms with Crippen LogP contribution in [0, 0.1) is 0 Å². The van der Waals surface area contributed by atoms with Crippen molar-refractivity contribution in [2.24, 2.45) is 0 Å². The quantitative estimate of drug-likeness (QED) is 0.262. The fourth-order valence-corrected chi connectivity index (χ4v) is 5.37. The van der Waals surface area contributed by atoms with E-state index in [9.17, 15) is 14.7 Å². The Balaban J connectivity index is 1.52. The second-order valence-electron chi connectivity index (χ2n) is 7.99. The molecule has 0 aliphatic carbocycles. The van der Waals surface area contributed by atoms with Crippen molar-refractivity contribution in [2.75, 3.05) is 5.75 Å². The van der Waals surface area contributed by atoms with Gasteiger partial charge >= 0.3 is 10.8 Å². The summed E-state index contributed by atoms with van der Waals surface area (Å²) < 4.78 is 6.24. The molecule has 0 radical (unpaired) electrons. The standard InChI is InChI=1S/C26H22N4O3S2/c1-2-14-34-25-27-21-9-5-8-20(24(31)32)22(21)30(25)15-16-10-12-17(13-11-16)18-6-3-4-7-19(18)23-28-26(33)35-29-23/h3-13H,2,14-15H2,1H3,(H,31,32)(H,28,29,33). The fourth-order valence-electron chi connectivity index (χ4n) is 4.05. The molecule has 0 fully saturated rings. The molecule has 3 aromatic carbocycles. The summed E-state index contributed by atoms with van der Waals surface area (Å²) in [7, 11) is 0. The summed E-state index contributed by atoms with van der Waals surface area (Å²) >= 11 is 2.54. The fraction of sp³-hybridized carbons (Fsp3) is 0.154. The summed E-state index contributed by atoms with van der Waals surface area (Å²) in [5.74, 6) is 0.499. The van der Waals surface area contributed by atoms with Crippen LogP contribution in [-0.4, -0.2) is 35.7 Å². The molecule has 0 saturated carbocycles. The van der Waals surface area contributed by atoms with E-state index in [1.165, 1.54) is 0 Å². The molecule has 35 heavy (non-hydrogen) atoms. The van der Waals surface area contributed by atoms with E-state index in [0.717, 1.165) is 51.1 Å². The lowest BCUT2D eigenvalue weighted by Gasteiger charge is -2.12. The number of hydrogen-bond donors (Lipinski definition) is 2. The Morgan fingerprint density at radius 1 is 1.06 bits per heavy atom. The largest absolute Gasteiger partial charge is 0.478 e. The molecule has 0 atom stereocenters. The molecule has 0 spiro atoms. The zero-order valence-electron chi connectivity index (χ0n) is 18.9. The molecule has 0 aliphatic rings. The van der Waals surface area contributed by atoms with Crippen LogP contribution in [0.25, 0.3) is 33.5 Å². The topological polar surface area (TPSA) is 101 Å². The zero-order valence-corrected chi connectivity index (χ0v) is 20.5. The van der Waals surface area contributed by atoms with Gasteiger partial charge in [0, 0.05) is 22.8 Å². The van der Waals surface area contributed by atoms with Crippen LogP contribution in [0.15, 0.2) is 76.7 Å². The maximum atomic E-state index is 11.9. The first kappa shape index (κ1) is 23.1. The SMILES string of the molecule is CCCSc1nc2cccc(C(=O)O)c2n1Cc1ccc(-c2ccccc2-c2nsc(=O)[nH]2)cc1. The number of aromatic amines is 1. The number of hydrogen-bond acceptors (Lipinski definition) is 6. The average molecular weight is 503 g/mol. The Bertz CT molecular complexity index is 1570. The van der Waals surface area contributed by atoms with Crippen molar-refractivity contribution in [1.82, 2.24) is 18.9 Å². The molecule has 0 saturated heterocycles. The van der Waals surface area contributed by atoms with Crippen molar-refractivity contribution < 1.29 is 9.90 Å². The van der Waals surface area contributed by atoms with E-state index in [2.05, 4.69) is 16.3 Å². The molecule has 0 amide bonds. The molecule has 2 N–H and O–H groups in total. The lowest BCUT2D eigenvalue weighted by molar-refractivity contribution is 0.0698. The third kappa shape index (κ3) is 4.65. The molecule has 5 aromatic rings. The first-order valence-electron chi connectivity index (χ1n) is 11.1. The number of H-pyrrole nitrogens is 1. The van der Waals surface area contributed by atoms with Gasteiger partial charge in [-0.15, -0.1) is 0 Å². The van der Waals surface area contributed by atoms with Gasteiger partial charge in [0.25, 0.3) is 0 Å². The lowest BCUT2D eigenvalue weighted by atomic mass is 9.98. The number of carboxylic acids is 1. The normalized spacial score (nSPS) is 11.2. The van der Waals surface area contributed by atoms with Crippen molar-refractivity contribution in [2.45, 2.75) is 25.0 Å². The molecule has 2 heterocycles. The van der Waals surface area contributed by atoms with E-state index in [4.69, 9.17) is 4.98 Å². The maximum Gasteiger partial charge on any atom is 0.337 e. The zero-order chi connectivity index (χ0) is 24.4. The number of aromatic nitrogens is 4. The van der Waals surface area contributed by atoms with Gasteiger partial charge in [0.15, 0.2) is 11.0 Å². The van der Waals surface area contributed by atoms with Crippen LogP contribution >= 0.6 is 23.3 Å². The summed E-state index contributed by atoms with van der Waals surface area (Å²) in [5.41, 5.74) is 5.45. The molecule has 0 aliphatic heterocycles. The number of carboxylic acid groups (broad SMARTS) is 1. The first-order chi connectivity index (χ1) is 17.0. The number of nitrogens with zero attached hydrogens (tertiary/aromatic N) is 3. The van der Waals surface area contributed by atoms with Gasteiger partial charge in [-0.05, 0) is 35.2 Å². The van der Waals surface area contributed by atoms with Gasteiger partial charge in [-0.3, -0.25) is 9.78 Å². The van der Waals surface area contributed by atoms with Gasteiger partial charge < -0.3 is 9.67 Å². The Kier molecular flexibility index (Phi) is 6.52. The number of carbonyl (C=O) groups is 1. The van der Waals surface area contributed by atoms with E-state index in [-0.39, 0.29) is 10.4 Å². The second-order valence-corrected chi connectivity index (χ2v) is 9.79. The Hall–Kier alpha value is -3.69. The highest BCUT2D eigenvalue weighted by Crippen LogP contribution is 2.31. The van der Waals surface area contributed by atoms with Gasteiger partial charge in [0.05, 0.1) is 23.1 Å². The van der Waals surface area contributed by atoms with Crippen LogP contribution < -0.4 is 4.87 Å². The van der Waals surface area contributed by atoms with Gasteiger partial charge in [-0.2, -0.15) is 4.37 Å². The number of rotatable bonds is 8. The Morgan fingerprint density at radius 3 is 2.51 bits per heavy atom. The number of imidazole rings is 1. The molecular weight excluding hydrogens is 480 g/mol. The molecule has 0 unspecified atom stereocenters. The number of benzene rings is 3. The van der Waals surface area contributed by atoms with Crippen LogP contribution in [0.3, 0.4) is 0 Å². The summed E-state index contributed by atoms with van der Waals surface area (Å²) in [6.07, 6.45) is 0.998. The highest BCUT2D eigenvalue weighted by atomic mass is 32.2. The van der Waals surface area contributed by atoms with Crippen LogP contribution in [0.5, 0.6) is 0 Å². The summed E-state index contributed by atoms with van der Waals surface area (Å²) in [4.78, 5) is 30.9. The van der Waals surface area contributed by atoms with Crippen molar-refractivity contribution in [3.05, 3.63) is 87.5 Å². The van der Waals surface area contributed by atoms with E-state index in [1.807, 2.05) is 59.2 Å².